The predicted octanol–water partition coefficient (Wildman–Crippen LogP) is 3.32. The molecule has 0 rings (SSSR count). The summed E-state index contributed by atoms with van der Waals surface area (Å²) in [7, 11) is -1.85. The molecular formula is C13H23O5P. The van der Waals surface area contributed by atoms with Crippen molar-refractivity contribution >= 4 is 13.6 Å². The summed E-state index contributed by atoms with van der Waals surface area (Å²) in [6, 6.07) is 0. The highest BCUT2D eigenvalue weighted by atomic mass is 31.2. The lowest BCUT2D eigenvalue weighted by Crippen LogP contribution is -2.07. The minimum atomic E-state index is -3.17. The lowest BCUT2D eigenvalue weighted by Gasteiger charge is -2.15. The van der Waals surface area contributed by atoms with Gasteiger partial charge in [0.25, 0.3) is 0 Å². The number of ether oxygens (including phenoxy) is 1. The van der Waals surface area contributed by atoms with Crippen LogP contribution in [0.25, 0.3) is 0 Å². The van der Waals surface area contributed by atoms with Crippen LogP contribution in [0, 0.1) is 0 Å². The first kappa shape index (κ1) is 18.1. The third-order valence-corrected chi connectivity index (χ3v) is 4.21. The second-order valence-corrected chi connectivity index (χ2v) is 5.78. The maximum atomic E-state index is 12.2. The zero-order valence-corrected chi connectivity index (χ0v) is 12.8. The molecule has 0 fully saturated rings. The molecule has 0 amide bonds. The van der Waals surface area contributed by atoms with Crippen LogP contribution >= 0.6 is 7.60 Å². The van der Waals surface area contributed by atoms with Crippen molar-refractivity contribution in [3.8, 4) is 0 Å². The molecule has 110 valence electrons. The average Bonchev–Trinajstić information content (AvgIpc) is 2.38. The van der Waals surface area contributed by atoms with E-state index < -0.39 is 13.6 Å². The SMILES string of the molecule is C=CCC/C(=C\CP(=O)(OCC)OCC)C(=O)OC. The van der Waals surface area contributed by atoms with Crippen LogP contribution in [0.5, 0.6) is 0 Å². The average molecular weight is 290 g/mol. The van der Waals surface area contributed by atoms with E-state index >= 15 is 0 Å². The Morgan fingerprint density at radius 3 is 2.26 bits per heavy atom. The van der Waals surface area contributed by atoms with Crippen molar-refractivity contribution in [2.75, 3.05) is 26.5 Å². The van der Waals surface area contributed by atoms with Crippen molar-refractivity contribution in [3.63, 3.8) is 0 Å². The largest absolute Gasteiger partial charge is 0.466 e. The molecule has 0 radical (unpaired) electrons. The minimum absolute atomic E-state index is 0.0657. The number of esters is 1. The lowest BCUT2D eigenvalue weighted by molar-refractivity contribution is -0.136. The van der Waals surface area contributed by atoms with Gasteiger partial charge in [-0.2, -0.15) is 0 Å². The Hall–Kier alpha value is -0.900. The van der Waals surface area contributed by atoms with E-state index in [-0.39, 0.29) is 6.16 Å². The van der Waals surface area contributed by atoms with Crippen LogP contribution in [0.15, 0.2) is 24.3 Å². The Morgan fingerprint density at radius 2 is 1.84 bits per heavy atom. The van der Waals surface area contributed by atoms with Crippen molar-refractivity contribution in [3.05, 3.63) is 24.3 Å². The molecular weight excluding hydrogens is 267 g/mol. The van der Waals surface area contributed by atoms with E-state index in [1.165, 1.54) is 7.11 Å². The molecule has 0 aromatic rings. The second kappa shape index (κ2) is 9.96. The summed E-state index contributed by atoms with van der Waals surface area (Å²) in [6.07, 6.45) is 4.49. The molecule has 5 nitrogen and oxygen atoms in total. The normalized spacial score (nSPS) is 12.3. The van der Waals surface area contributed by atoms with E-state index in [2.05, 4.69) is 11.3 Å². The molecule has 0 aliphatic carbocycles. The summed E-state index contributed by atoms with van der Waals surface area (Å²) in [6.45, 7) is 7.68. The van der Waals surface area contributed by atoms with Crippen molar-refractivity contribution in [1.29, 1.82) is 0 Å². The Bertz CT molecular complexity index is 352. The molecule has 0 heterocycles. The molecule has 0 spiro atoms. The number of hydrogen-bond donors (Lipinski definition) is 0. The van der Waals surface area contributed by atoms with Gasteiger partial charge in [0.1, 0.15) is 0 Å². The van der Waals surface area contributed by atoms with Gasteiger partial charge in [-0.05, 0) is 26.7 Å². The number of methoxy groups -OCH3 is 1. The van der Waals surface area contributed by atoms with Crippen molar-refractivity contribution in [2.45, 2.75) is 26.7 Å². The lowest BCUT2D eigenvalue weighted by atomic mass is 10.1. The first-order valence-electron chi connectivity index (χ1n) is 6.29. The summed E-state index contributed by atoms with van der Waals surface area (Å²) in [4.78, 5) is 11.6. The van der Waals surface area contributed by atoms with Gasteiger partial charge in [-0.3, -0.25) is 4.57 Å². The first-order chi connectivity index (χ1) is 9.02. The summed E-state index contributed by atoms with van der Waals surface area (Å²) < 4.78 is 27.2. The van der Waals surface area contributed by atoms with E-state index in [1.807, 2.05) is 0 Å². The van der Waals surface area contributed by atoms with Gasteiger partial charge in [0.2, 0.25) is 0 Å². The summed E-state index contributed by atoms with van der Waals surface area (Å²) in [5, 5.41) is 0. The maximum absolute atomic E-state index is 12.2. The molecule has 0 aromatic heterocycles. The van der Waals surface area contributed by atoms with E-state index in [0.29, 0.717) is 31.6 Å². The second-order valence-electron chi connectivity index (χ2n) is 3.68. The van der Waals surface area contributed by atoms with Gasteiger partial charge in [0.05, 0.1) is 26.5 Å². The zero-order chi connectivity index (χ0) is 14.7. The number of carbonyl (C=O) groups excluding carboxylic acids is 1. The molecule has 0 bridgehead atoms. The summed E-state index contributed by atoms with van der Waals surface area (Å²) >= 11 is 0. The van der Waals surface area contributed by atoms with Crippen LogP contribution in [-0.4, -0.2) is 32.5 Å². The molecule has 0 saturated carbocycles. The van der Waals surface area contributed by atoms with Crippen molar-refractivity contribution < 1.29 is 23.1 Å². The van der Waals surface area contributed by atoms with E-state index in [0.717, 1.165) is 0 Å². The van der Waals surface area contributed by atoms with Gasteiger partial charge in [0, 0.05) is 5.57 Å². The van der Waals surface area contributed by atoms with Crippen molar-refractivity contribution in [1.82, 2.24) is 0 Å². The van der Waals surface area contributed by atoms with Crippen molar-refractivity contribution in [2.24, 2.45) is 0 Å². The smallest absolute Gasteiger partial charge is 0.334 e. The standard InChI is InChI=1S/C13H23O5P/c1-5-8-9-12(13(14)16-4)10-11-19(15,17-6-2)18-7-3/h5,10H,1,6-9,11H2,2-4H3/b12-10+. The number of carbonyl (C=O) groups is 1. The molecule has 0 aliphatic rings. The topological polar surface area (TPSA) is 61.8 Å². The fourth-order valence-electron chi connectivity index (χ4n) is 1.43. The van der Waals surface area contributed by atoms with Gasteiger partial charge in [0.15, 0.2) is 0 Å². The Labute approximate surface area is 115 Å². The Kier molecular flexibility index (Phi) is 9.48. The quantitative estimate of drug-likeness (QED) is 0.267. The van der Waals surface area contributed by atoms with Gasteiger partial charge >= 0.3 is 13.6 Å². The van der Waals surface area contributed by atoms with E-state index in [9.17, 15) is 9.36 Å². The van der Waals surface area contributed by atoms with E-state index in [1.54, 1.807) is 26.0 Å². The van der Waals surface area contributed by atoms with Gasteiger partial charge in [-0.1, -0.05) is 12.2 Å². The molecule has 0 aromatic carbocycles. The molecule has 0 N–H and O–H groups in total. The van der Waals surface area contributed by atoms with Crippen LogP contribution in [0.4, 0.5) is 0 Å². The monoisotopic (exact) mass is 290 g/mol. The van der Waals surface area contributed by atoms with Gasteiger partial charge in [-0.25, -0.2) is 4.79 Å². The fourth-order valence-corrected chi connectivity index (χ4v) is 2.95. The first-order valence-corrected chi connectivity index (χ1v) is 8.02. The molecule has 0 saturated heterocycles. The van der Waals surface area contributed by atoms with Crippen LogP contribution in [-0.2, 0) is 23.1 Å². The Morgan fingerprint density at radius 1 is 1.26 bits per heavy atom. The maximum Gasteiger partial charge on any atom is 0.334 e. The van der Waals surface area contributed by atoms with Crippen LogP contribution in [0.3, 0.4) is 0 Å². The van der Waals surface area contributed by atoms with Gasteiger partial charge in [-0.15, -0.1) is 6.58 Å². The van der Waals surface area contributed by atoms with E-state index in [4.69, 9.17) is 9.05 Å². The van der Waals surface area contributed by atoms with Crippen LogP contribution in [0.1, 0.15) is 26.7 Å². The zero-order valence-electron chi connectivity index (χ0n) is 11.9. The highest BCUT2D eigenvalue weighted by Crippen LogP contribution is 2.48. The molecule has 6 heteroatoms. The third kappa shape index (κ3) is 7.31. The number of allylic oxidation sites excluding steroid dienone is 2. The fraction of sp³-hybridized carbons (Fsp3) is 0.615. The molecule has 0 unspecified atom stereocenters. The number of rotatable bonds is 10. The molecule has 0 aliphatic heterocycles. The highest BCUT2D eigenvalue weighted by molar-refractivity contribution is 7.54. The van der Waals surface area contributed by atoms with Crippen LogP contribution < -0.4 is 0 Å². The Balaban J connectivity index is 4.85. The van der Waals surface area contributed by atoms with Crippen LogP contribution in [0.2, 0.25) is 0 Å². The minimum Gasteiger partial charge on any atom is -0.466 e. The molecule has 19 heavy (non-hydrogen) atoms. The molecule has 0 atom stereocenters. The predicted molar refractivity (Wildman–Crippen MR) is 75.3 cm³/mol. The third-order valence-electron chi connectivity index (χ3n) is 2.28. The van der Waals surface area contributed by atoms with Gasteiger partial charge < -0.3 is 13.8 Å². The number of hydrogen-bond acceptors (Lipinski definition) is 5. The summed E-state index contributed by atoms with van der Waals surface area (Å²) in [5.41, 5.74) is 0.460. The summed E-state index contributed by atoms with van der Waals surface area (Å²) in [5.74, 6) is -0.429. The highest BCUT2D eigenvalue weighted by Gasteiger charge is 2.23.